The van der Waals surface area contributed by atoms with Crippen molar-refractivity contribution in [2.45, 2.75) is 13.3 Å². The highest BCUT2D eigenvalue weighted by atomic mass is 35.5. The van der Waals surface area contributed by atoms with Crippen LogP contribution in [0.3, 0.4) is 0 Å². The standard InChI is InChI=1S/C11H11ClN4O/c1-6(13)9-10(14)8(15-16-11(9)12)5-7-3-2-4-17-7/h2-4,13H,5H2,1H3,(H2,14,16). The quantitative estimate of drug-likeness (QED) is 0.818. The molecule has 88 valence electrons. The molecule has 0 bridgehead atoms. The summed E-state index contributed by atoms with van der Waals surface area (Å²) in [6.07, 6.45) is 2.01. The van der Waals surface area contributed by atoms with Gasteiger partial charge in [-0.1, -0.05) is 11.6 Å². The molecule has 0 saturated heterocycles. The van der Waals surface area contributed by atoms with Gasteiger partial charge in [-0.3, -0.25) is 0 Å². The molecule has 0 radical (unpaired) electrons. The fourth-order valence-electron chi connectivity index (χ4n) is 1.53. The second-order valence-corrected chi connectivity index (χ2v) is 3.97. The molecule has 0 atom stereocenters. The van der Waals surface area contributed by atoms with E-state index >= 15 is 0 Å². The molecule has 0 spiro atoms. The molecular formula is C11H11ClN4O. The number of furan rings is 1. The van der Waals surface area contributed by atoms with Gasteiger partial charge in [-0.15, -0.1) is 5.10 Å². The Labute approximate surface area is 103 Å². The molecule has 0 amide bonds. The number of nitrogens with two attached hydrogens (primary N) is 1. The van der Waals surface area contributed by atoms with Gasteiger partial charge >= 0.3 is 0 Å². The number of nitrogens with one attached hydrogen (secondary N) is 1. The second kappa shape index (κ2) is 4.55. The number of nitrogens with zero attached hydrogens (tertiary/aromatic N) is 2. The number of hydrogen-bond donors (Lipinski definition) is 2. The van der Waals surface area contributed by atoms with Crippen LogP contribution in [-0.2, 0) is 6.42 Å². The van der Waals surface area contributed by atoms with Crippen molar-refractivity contribution in [1.82, 2.24) is 10.2 Å². The predicted octanol–water partition coefficient (Wildman–Crippen LogP) is 2.28. The summed E-state index contributed by atoms with van der Waals surface area (Å²) in [5, 5.41) is 15.5. The minimum absolute atomic E-state index is 0.151. The number of nitrogen functional groups attached to an aromatic ring is 1. The third kappa shape index (κ3) is 2.29. The smallest absolute Gasteiger partial charge is 0.162 e. The van der Waals surface area contributed by atoms with Crippen molar-refractivity contribution >= 4 is 23.0 Å². The first-order valence-corrected chi connectivity index (χ1v) is 5.36. The Morgan fingerprint density at radius 1 is 1.53 bits per heavy atom. The fraction of sp³-hybridized carbons (Fsp3) is 0.182. The Bertz CT molecular complexity index is 551. The molecule has 2 aromatic heterocycles. The first-order chi connectivity index (χ1) is 8.09. The van der Waals surface area contributed by atoms with Crippen LogP contribution in [0.5, 0.6) is 0 Å². The van der Waals surface area contributed by atoms with Gasteiger partial charge < -0.3 is 15.6 Å². The van der Waals surface area contributed by atoms with Gasteiger partial charge in [0.1, 0.15) is 5.76 Å². The van der Waals surface area contributed by atoms with E-state index in [1.807, 2.05) is 6.07 Å². The summed E-state index contributed by atoms with van der Waals surface area (Å²) in [5.41, 5.74) is 7.58. The lowest BCUT2D eigenvalue weighted by Crippen LogP contribution is -2.09. The van der Waals surface area contributed by atoms with Gasteiger partial charge in [-0.2, -0.15) is 5.10 Å². The molecule has 2 rings (SSSR count). The lowest BCUT2D eigenvalue weighted by Gasteiger charge is -2.08. The van der Waals surface area contributed by atoms with Crippen molar-refractivity contribution < 1.29 is 4.42 Å². The van der Waals surface area contributed by atoms with Crippen LogP contribution >= 0.6 is 11.6 Å². The lowest BCUT2D eigenvalue weighted by molar-refractivity contribution is 0.518. The van der Waals surface area contributed by atoms with Gasteiger partial charge in [0.2, 0.25) is 0 Å². The Morgan fingerprint density at radius 2 is 2.29 bits per heavy atom. The third-order valence-corrected chi connectivity index (χ3v) is 2.61. The van der Waals surface area contributed by atoms with Crippen LogP contribution in [-0.4, -0.2) is 15.9 Å². The van der Waals surface area contributed by atoms with Crippen molar-refractivity contribution in [2.75, 3.05) is 5.73 Å². The Kier molecular flexibility index (Phi) is 3.10. The summed E-state index contributed by atoms with van der Waals surface area (Å²) < 4.78 is 5.21. The maximum Gasteiger partial charge on any atom is 0.162 e. The molecule has 3 N–H and O–H groups in total. The van der Waals surface area contributed by atoms with Crippen molar-refractivity contribution in [3.8, 4) is 0 Å². The van der Waals surface area contributed by atoms with Crippen molar-refractivity contribution in [3.05, 3.63) is 40.6 Å². The minimum Gasteiger partial charge on any atom is -0.469 e. The van der Waals surface area contributed by atoms with Crippen molar-refractivity contribution in [2.24, 2.45) is 0 Å². The zero-order valence-electron chi connectivity index (χ0n) is 9.20. The molecule has 0 unspecified atom stereocenters. The Hall–Kier alpha value is -1.88. The molecular weight excluding hydrogens is 240 g/mol. The number of rotatable bonds is 3. The Balaban J connectivity index is 2.42. The van der Waals surface area contributed by atoms with E-state index in [2.05, 4.69) is 10.2 Å². The summed E-state index contributed by atoms with van der Waals surface area (Å²) in [6.45, 7) is 1.61. The first-order valence-electron chi connectivity index (χ1n) is 4.98. The molecule has 0 aliphatic rings. The highest BCUT2D eigenvalue weighted by molar-refractivity contribution is 6.33. The lowest BCUT2D eigenvalue weighted by atomic mass is 10.1. The highest BCUT2D eigenvalue weighted by Crippen LogP contribution is 2.24. The van der Waals surface area contributed by atoms with E-state index in [0.717, 1.165) is 5.76 Å². The summed E-state index contributed by atoms with van der Waals surface area (Å²) in [4.78, 5) is 0. The van der Waals surface area contributed by atoms with Gasteiger partial charge in [0.05, 0.1) is 29.6 Å². The predicted molar refractivity (Wildman–Crippen MR) is 65.5 cm³/mol. The largest absolute Gasteiger partial charge is 0.469 e. The molecule has 6 heteroatoms. The van der Waals surface area contributed by atoms with Crippen LogP contribution in [0.25, 0.3) is 0 Å². The average molecular weight is 251 g/mol. The van der Waals surface area contributed by atoms with E-state index in [4.69, 9.17) is 27.2 Å². The van der Waals surface area contributed by atoms with E-state index in [1.165, 1.54) is 0 Å². The SMILES string of the molecule is CC(=N)c1c(Cl)nnc(Cc2ccco2)c1N. The van der Waals surface area contributed by atoms with Gasteiger partial charge in [-0.05, 0) is 19.1 Å². The van der Waals surface area contributed by atoms with Crippen LogP contribution in [0.2, 0.25) is 5.15 Å². The number of anilines is 1. The normalized spacial score (nSPS) is 10.5. The van der Waals surface area contributed by atoms with Crippen LogP contribution in [0.1, 0.15) is 23.9 Å². The van der Waals surface area contributed by atoms with E-state index < -0.39 is 0 Å². The van der Waals surface area contributed by atoms with Gasteiger partial charge in [0, 0.05) is 5.71 Å². The van der Waals surface area contributed by atoms with Crippen LogP contribution in [0.4, 0.5) is 5.69 Å². The topological polar surface area (TPSA) is 88.8 Å². The second-order valence-electron chi connectivity index (χ2n) is 3.61. The van der Waals surface area contributed by atoms with E-state index in [9.17, 15) is 0 Å². The molecule has 5 nitrogen and oxygen atoms in total. The molecule has 0 aromatic carbocycles. The highest BCUT2D eigenvalue weighted by Gasteiger charge is 2.15. The molecule has 2 heterocycles. The van der Waals surface area contributed by atoms with Gasteiger partial charge in [-0.25, -0.2) is 0 Å². The Morgan fingerprint density at radius 3 is 2.88 bits per heavy atom. The zero-order chi connectivity index (χ0) is 12.4. The summed E-state index contributed by atoms with van der Waals surface area (Å²) in [6, 6.07) is 3.62. The molecule has 0 aliphatic carbocycles. The minimum atomic E-state index is 0.151. The van der Waals surface area contributed by atoms with Crippen LogP contribution in [0.15, 0.2) is 22.8 Å². The maximum absolute atomic E-state index is 7.61. The molecule has 0 aliphatic heterocycles. The monoisotopic (exact) mass is 250 g/mol. The number of halogens is 1. The van der Waals surface area contributed by atoms with Gasteiger partial charge in [0.25, 0.3) is 0 Å². The van der Waals surface area contributed by atoms with E-state index in [-0.39, 0.29) is 10.9 Å². The fourth-order valence-corrected chi connectivity index (χ4v) is 1.81. The van der Waals surface area contributed by atoms with Crippen molar-refractivity contribution in [1.29, 1.82) is 5.41 Å². The summed E-state index contributed by atoms with van der Waals surface area (Å²) in [5.74, 6) is 0.738. The van der Waals surface area contributed by atoms with Crippen LogP contribution < -0.4 is 5.73 Å². The number of aromatic nitrogens is 2. The van der Waals surface area contributed by atoms with Crippen molar-refractivity contribution in [3.63, 3.8) is 0 Å². The first kappa shape index (κ1) is 11.6. The molecule has 2 aromatic rings. The number of hydrogen-bond acceptors (Lipinski definition) is 5. The van der Waals surface area contributed by atoms with Crippen LogP contribution in [0, 0.1) is 5.41 Å². The van der Waals surface area contributed by atoms with Gasteiger partial charge in [0.15, 0.2) is 5.15 Å². The summed E-state index contributed by atoms with van der Waals surface area (Å²) in [7, 11) is 0. The summed E-state index contributed by atoms with van der Waals surface area (Å²) >= 11 is 5.86. The van der Waals surface area contributed by atoms with E-state index in [1.54, 1.807) is 19.3 Å². The molecule has 0 fully saturated rings. The zero-order valence-corrected chi connectivity index (χ0v) is 9.95. The third-order valence-electron chi connectivity index (χ3n) is 2.34. The average Bonchev–Trinajstić information content (AvgIpc) is 2.74. The van der Waals surface area contributed by atoms with E-state index in [0.29, 0.717) is 23.4 Å². The molecule has 0 saturated carbocycles. The maximum atomic E-state index is 7.61. The molecule has 17 heavy (non-hydrogen) atoms.